The number of carbonyl (C=O) groups excluding carboxylic acids is 1. The van der Waals surface area contributed by atoms with Gasteiger partial charge in [0.1, 0.15) is 17.3 Å². The van der Waals surface area contributed by atoms with Gasteiger partial charge in [-0.1, -0.05) is 5.16 Å². The summed E-state index contributed by atoms with van der Waals surface area (Å²) in [5.74, 6) is 1.49. The Kier molecular flexibility index (Phi) is 5.65. The van der Waals surface area contributed by atoms with E-state index in [1.54, 1.807) is 42.3 Å². The molecule has 0 radical (unpaired) electrons. The lowest BCUT2D eigenvalue weighted by Gasteiger charge is -2.31. The molecule has 1 unspecified atom stereocenters. The summed E-state index contributed by atoms with van der Waals surface area (Å²) >= 11 is 0. The molecular formula is C22H22FN3O4. The Balaban J connectivity index is 1.51. The fourth-order valence-electron chi connectivity index (χ4n) is 3.63. The molecule has 2 heterocycles. The van der Waals surface area contributed by atoms with Crippen LogP contribution in [0, 0.1) is 5.82 Å². The van der Waals surface area contributed by atoms with Crippen LogP contribution in [-0.4, -0.2) is 48.3 Å². The smallest absolute Gasteiger partial charge is 0.257 e. The summed E-state index contributed by atoms with van der Waals surface area (Å²) in [7, 11) is 3.09. The molecule has 0 spiro atoms. The molecule has 1 aromatic heterocycles. The lowest BCUT2D eigenvalue weighted by atomic mass is 9.97. The number of amides is 1. The van der Waals surface area contributed by atoms with Gasteiger partial charge in [-0.05, 0) is 49.2 Å². The van der Waals surface area contributed by atoms with Crippen molar-refractivity contribution < 1.29 is 23.2 Å². The second kappa shape index (κ2) is 8.52. The fraction of sp³-hybridized carbons (Fsp3) is 0.318. The van der Waals surface area contributed by atoms with Crippen molar-refractivity contribution >= 4 is 5.91 Å². The molecule has 156 valence electrons. The Labute approximate surface area is 173 Å². The third kappa shape index (κ3) is 3.98. The fourth-order valence-corrected chi connectivity index (χ4v) is 3.63. The Morgan fingerprint density at radius 2 is 1.97 bits per heavy atom. The second-order valence-electron chi connectivity index (χ2n) is 7.12. The molecule has 3 aromatic rings. The predicted molar refractivity (Wildman–Crippen MR) is 107 cm³/mol. The maximum atomic E-state index is 13.1. The number of hydrogen-bond acceptors (Lipinski definition) is 6. The summed E-state index contributed by atoms with van der Waals surface area (Å²) in [5, 5.41) is 4.02. The summed E-state index contributed by atoms with van der Waals surface area (Å²) in [6.07, 6.45) is 1.66. The first-order valence-electron chi connectivity index (χ1n) is 9.70. The Morgan fingerprint density at radius 3 is 2.70 bits per heavy atom. The number of rotatable bonds is 5. The van der Waals surface area contributed by atoms with Crippen LogP contribution in [0.2, 0.25) is 0 Å². The largest absolute Gasteiger partial charge is 0.497 e. The predicted octanol–water partition coefficient (Wildman–Crippen LogP) is 3.91. The van der Waals surface area contributed by atoms with Crippen molar-refractivity contribution in [1.82, 2.24) is 15.0 Å². The SMILES string of the molecule is COc1ccc(C(=O)N2CCCC(c3nc(-c4ccc(F)cc4)no3)C2)c(OC)c1. The molecule has 7 nitrogen and oxygen atoms in total. The molecule has 0 aliphatic carbocycles. The topological polar surface area (TPSA) is 77.7 Å². The van der Waals surface area contributed by atoms with Gasteiger partial charge >= 0.3 is 0 Å². The molecule has 0 saturated carbocycles. The first-order valence-corrected chi connectivity index (χ1v) is 9.70. The van der Waals surface area contributed by atoms with Crippen LogP contribution in [0.4, 0.5) is 4.39 Å². The van der Waals surface area contributed by atoms with E-state index in [9.17, 15) is 9.18 Å². The normalized spacial score (nSPS) is 16.4. The van der Waals surface area contributed by atoms with Crippen molar-refractivity contribution in [3.63, 3.8) is 0 Å². The maximum Gasteiger partial charge on any atom is 0.257 e. The van der Waals surface area contributed by atoms with Gasteiger partial charge in [-0.3, -0.25) is 4.79 Å². The number of hydrogen-bond donors (Lipinski definition) is 0. The minimum Gasteiger partial charge on any atom is -0.497 e. The van der Waals surface area contributed by atoms with Gasteiger partial charge in [0, 0.05) is 24.7 Å². The van der Waals surface area contributed by atoms with Gasteiger partial charge in [0.15, 0.2) is 0 Å². The third-order valence-electron chi connectivity index (χ3n) is 5.24. The number of ether oxygens (including phenoxy) is 2. The highest BCUT2D eigenvalue weighted by atomic mass is 19.1. The van der Waals surface area contributed by atoms with E-state index in [0.717, 1.165) is 12.8 Å². The molecule has 4 rings (SSSR count). The van der Waals surface area contributed by atoms with Gasteiger partial charge in [0.2, 0.25) is 11.7 Å². The van der Waals surface area contributed by atoms with E-state index < -0.39 is 0 Å². The molecule has 8 heteroatoms. The summed E-state index contributed by atoms with van der Waals surface area (Å²) in [4.78, 5) is 19.4. The van der Waals surface area contributed by atoms with Crippen LogP contribution < -0.4 is 9.47 Å². The number of piperidine rings is 1. The van der Waals surface area contributed by atoms with E-state index in [1.165, 1.54) is 19.2 Å². The number of nitrogens with zero attached hydrogens (tertiary/aromatic N) is 3. The first kappa shape index (κ1) is 19.9. The van der Waals surface area contributed by atoms with Gasteiger partial charge in [-0.2, -0.15) is 4.98 Å². The lowest BCUT2D eigenvalue weighted by Crippen LogP contribution is -2.39. The van der Waals surface area contributed by atoms with Crippen molar-refractivity contribution in [2.75, 3.05) is 27.3 Å². The number of likely N-dealkylation sites (tertiary alicyclic amines) is 1. The molecule has 1 atom stereocenters. The van der Waals surface area contributed by atoms with Crippen LogP contribution in [0.1, 0.15) is 35.0 Å². The van der Waals surface area contributed by atoms with Crippen molar-refractivity contribution in [2.24, 2.45) is 0 Å². The molecule has 1 aliphatic rings. The van der Waals surface area contributed by atoms with Gasteiger partial charge in [0.25, 0.3) is 5.91 Å². The third-order valence-corrected chi connectivity index (χ3v) is 5.24. The van der Waals surface area contributed by atoms with E-state index in [-0.39, 0.29) is 17.6 Å². The van der Waals surface area contributed by atoms with E-state index in [0.29, 0.717) is 47.4 Å². The zero-order chi connectivity index (χ0) is 21.1. The van der Waals surface area contributed by atoms with Crippen LogP contribution in [0.25, 0.3) is 11.4 Å². The number of aromatic nitrogens is 2. The van der Waals surface area contributed by atoms with Gasteiger partial charge < -0.3 is 18.9 Å². The van der Waals surface area contributed by atoms with Gasteiger partial charge in [-0.15, -0.1) is 0 Å². The highest BCUT2D eigenvalue weighted by Crippen LogP contribution is 2.31. The van der Waals surface area contributed by atoms with E-state index in [2.05, 4.69) is 10.1 Å². The summed E-state index contributed by atoms with van der Waals surface area (Å²) in [6.45, 7) is 1.11. The minimum atomic E-state index is -0.321. The number of methoxy groups -OCH3 is 2. The average molecular weight is 411 g/mol. The molecule has 1 saturated heterocycles. The van der Waals surface area contributed by atoms with E-state index in [4.69, 9.17) is 14.0 Å². The monoisotopic (exact) mass is 411 g/mol. The zero-order valence-corrected chi connectivity index (χ0v) is 16.8. The van der Waals surface area contributed by atoms with Crippen LogP contribution in [0.15, 0.2) is 47.0 Å². The quantitative estimate of drug-likeness (QED) is 0.633. The van der Waals surface area contributed by atoms with Gasteiger partial charge in [0.05, 0.1) is 25.7 Å². The number of benzene rings is 2. The molecule has 30 heavy (non-hydrogen) atoms. The van der Waals surface area contributed by atoms with Crippen LogP contribution in [0.3, 0.4) is 0 Å². The Morgan fingerprint density at radius 1 is 1.17 bits per heavy atom. The van der Waals surface area contributed by atoms with Crippen LogP contribution >= 0.6 is 0 Å². The van der Waals surface area contributed by atoms with E-state index >= 15 is 0 Å². The molecule has 0 bridgehead atoms. The standard InChI is InChI=1S/C22H22FN3O4/c1-28-17-9-10-18(19(12-17)29-2)22(27)26-11-3-4-15(13-26)21-24-20(25-30-21)14-5-7-16(23)8-6-14/h5-10,12,15H,3-4,11,13H2,1-2H3. The minimum absolute atomic E-state index is 0.0614. The van der Waals surface area contributed by atoms with E-state index in [1.807, 2.05) is 0 Å². The highest BCUT2D eigenvalue weighted by Gasteiger charge is 2.30. The van der Waals surface area contributed by atoms with Crippen LogP contribution in [0.5, 0.6) is 11.5 Å². The summed E-state index contributed by atoms with van der Waals surface area (Å²) < 4.78 is 29.2. The molecule has 2 aromatic carbocycles. The molecular weight excluding hydrogens is 389 g/mol. The van der Waals surface area contributed by atoms with Crippen molar-refractivity contribution in [3.8, 4) is 22.9 Å². The zero-order valence-electron chi connectivity index (χ0n) is 16.8. The molecule has 1 fully saturated rings. The Hall–Kier alpha value is -3.42. The maximum absolute atomic E-state index is 13.1. The molecule has 1 amide bonds. The Bertz CT molecular complexity index is 1040. The number of halogens is 1. The van der Waals surface area contributed by atoms with Crippen molar-refractivity contribution in [1.29, 1.82) is 0 Å². The summed E-state index contributed by atoms with van der Waals surface area (Å²) in [6, 6.07) is 11.1. The average Bonchev–Trinajstić information content (AvgIpc) is 3.29. The highest BCUT2D eigenvalue weighted by molar-refractivity contribution is 5.97. The molecule has 0 N–H and O–H groups in total. The number of carbonyl (C=O) groups is 1. The van der Waals surface area contributed by atoms with Crippen molar-refractivity contribution in [3.05, 3.63) is 59.7 Å². The lowest BCUT2D eigenvalue weighted by molar-refractivity contribution is 0.0692. The second-order valence-corrected chi connectivity index (χ2v) is 7.12. The first-order chi connectivity index (χ1) is 14.6. The summed E-state index contributed by atoms with van der Waals surface area (Å²) in [5.41, 5.74) is 1.16. The molecule has 1 aliphatic heterocycles. The van der Waals surface area contributed by atoms with Gasteiger partial charge in [-0.25, -0.2) is 4.39 Å². The van der Waals surface area contributed by atoms with Crippen molar-refractivity contribution in [2.45, 2.75) is 18.8 Å². The van der Waals surface area contributed by atoms with Crippen LogP contribution in [-0.2, 0) is 0 Å².